The van der Waals surface area contributed by atoms with E-state index in [1.165, 1.54) is 30.2 Å². The van der Waals surface area contributed by atoms with Crippen molar-refractivity contribution in [1.82, 2.24) is 15.1 Å². The van der Waals surface area contributed by atoms with E-state index in [2.05, 4.69) is 15.5 Å². The van der Waals surface area contributed by atoms with Gasteiger partial charge in [-0.1, -0.05) is 59.5 Å². The van der Waals surface area contributed by atoms with Crippen LogP contribution in [0.1, 0.15) is 18.1 Å². The minimum absolute atomic E-state index is 0.142. The number of hydrogen-bond donors (Lipinski definition) is 1. The van der Waals surface area contributed by atoms with E-state index >= 15 is 0 Å². The Kier molecular flexibility index (Phi) is 7.46. The van der Waals surface area contributed by atoms with Gasteiger partial charge >= 0.3 is 5.97 Å². The molecule has 0 saturated carbocycles. The van der Waals surface area contributed by atoms with Crippen molar-refractivity contribution in [2.75, 3.05) is 24.8 Å². The molecule has 33 heavy (non-hydrogen) atoms. The minimum atomic E-state index is -0.625. The Bertz CT molecular complexity index is 1140. The second-order valence-electron chi connectivity index (χ2n) is 7.25. The van der Waals surface area contributed by atoms with Crippen LogP contribution in [-0.4, -0.2) is 52.5 Å². The number of ether oxygens (including phenoxy) is 2. The molecular weight excluding hydrogens is 460 g/mol. The molecule has 0 fully saturated rings. The number of para-hydroxylation sites is 2. The summed E-state index contributed by atoms with van der Waals surface area (Å²) in [5.74, 6) is 0.341. The van der Waals surface area contributed by atoms with Crippen LogP contribution >= 0.6 is 23.1 Å². The van der Waals surface area contributed by atoms with Crippen molar-refractivity contribution in [2.24, 2.45) is 0 Å². The Morgan fingerprint density at radius 2 is 1.91 bits per heavy atom. The summed E-state index contributed by atoms with van der Waals surface area (Å²) in [6.45, 7) is 2.87. The number of carbonyl (C=O) groups is 2. The summed E-state index contributed by atoms with van der Waals surface area (Å²) < 4.78 is 11.2. The third-order valence-corrected chi connectivity index (χ3v) is 7.15. The SMILES string of the molecule is CCOc1ccccc1Nc1nnc(SCC(=O)N2Cc3ccccc3C[C@@H]2C(=O)OC)s1. The molecule has 1 atom stereocenters. The highest BCUT2D eigenvalue weighted by Gasteiger charge is 2.35. The molecule has 0 saturated heterocycles. The van der Waals surface area contributed by atoms with Crippen LogP contribution in [0.15, 0.2) is 52.9 Å². The summed E-state index contributed by atoms with van der Waals surface area (Å²) in [6.07, 6.45) is 0.450. The third-order valence-electron chi connectivity index (χ3n) is 5.20. The summed E-state index contributed by atoms with van der Waals surface area (Å²) in [6, 6.07) is 14.8. The van der Waals surface area contributed by atoms with Gasteiger partial charge in [0.1, 0.15) is 11.8 Å². The van der Waals surface area contributed by atoms with Crippen molar-refractivity contribution in [3.63, 3.8) is 0 Å². The largest absolute Gasteiger partial charge is 0.492 e. The molecule has 0 spiro atoms. The van der Waals surface area contributed by atoms with Crippen molar-refractivity contribution >= 4 is 45.8 Å². The molecule has 3 aromatic rings. The first-order valence-electron chi connectivity index (χ1n) is 10.5. The van der Waals surface area contributed by atoms with Crippen molar-refractivity contribution in [1.29, 1.82) is 0 Å². The molecule has 172 valence electrons. The summed E-state index contributed by atoms with van der Waals surface area (Å²) in [5, 5.41) is 12.2. The number of hydrogen-bond acceptors (Lipinski definition) is 9. The van der Waals surface area contributed by atoms with Gasteiger partial charge in [-0.3, -0.25) is 4.79 Å². The number of nitrogens with one attached hydrogen (secondary N) is 1. The van der Waals surface area contributed by atoms with Gasteiger partial charge in [0.25, 0.3) is 0 Å². The van der Waals surface area contributed by atoms with E-state index in [4.69, 9.17) is 9.47 Å². The van der Waals surface area contributed by atoms with Crippen LogP contribution in [0.3, 0.4) is 0 Å². The number of anilines is 2. The van der Waals surface area contributed by atoms with Gasteiger partial charge in [0.15, 0.2) is 4.34 Å². The fourth-order valence-corrected chi connectivity index (χ4v) is 5.27. The number of benzene rings is 2. The molecule has 4 rings (SSSR count). The zero-order valence-corrected chi connectivity index (χ0v) is 19.9. The van der Waals surface area contributed by atoms with Crippen molar-refractivity contribution in [3.8, 4) is 5.75 Å². The summed E-state index contributed by atoms with van der Waals surface area (Å²) in [4.78, 5) is 27.0. The lowest BCUT2D eigenvalue weighted by Crippen LogP contribution is -2.49. The van der Waals surface area contributed by atoms with E-state index < -0.39 is 12.0 Å². The second-order valence-corrected chi connectivity index (χ2v) is 9.45. The standard InChI is InChI=1S/C23H24N4O4S2/c1-3-31-19-11-7-6-10-17(19)24-22-25-26-23(33-22)32-14-20(28)27-13-16-9-5-4-8-15(16)12-18(27)21(29)30-2/h4-11,18H,3,12-14H2,1-2H3,(H,24,25)/t18-/m1/s1. The topological polar surface area (TPSA) is 93.6 Å². The van der Waals surface area contributed by atoms with Crippen LogP contribution in [-0.2, 0) is 27.3 Å². The molecule has 2 aromatic carbocycles. The Morgan fingerprint density at radius 1 is 1.15 bits per heavy atom. The molecule has 2 heterocycles. The summed E-state index contributed by atoms with van der Waals surface area (Å²) >= 11 is 2.66. The normalized spacial score (nSPS) is 15.0. The van der Waals surface area contributed by atoms with Gasteiger partial charge in [0.05, 0.1) is 25.2 Å². The minimum Gasteiger partial charge on any atom is -0.492 e. The predicted octanol–water partition coefficient (Wildman–Crippen LogP) is 3.90. The molecule has 1 amide bonds. The van der Waals surface area contributed by atoms with Gasteiger partial charge in [-0.25, -0.2) is 4.79 Å². The first-order chi connectivity index (χ1) is 16.1. The van der Waals surface area contributed by atoms with Gasteiger partial charge in [0, 0.05) is 13.0 Å². The molecule has 1 aromatic heterocycles. The van der Waals surface area contributed by atoms with Gasteiger partial charge in [-0.2, -0.15) is 0 Å². The first-order valence-corrected chi connectivity index (χ1v) is 12.3. The number of esters is 1. The number of rotatable bonds is 8. The Morgan fingerprint density at radius 3 is 2.70 bits per heavy atom. The van der Waals surface area contributed by atoms with Crippen LogP contribution < -0.4 is 10.1 Å². The number of fused-ring (bicyclic) bond motifs is 1. The van der Waals surface area contributed by atoms with E-state index in [0.29, 0.717) is 29.0 Å². The van der Waals surface area contributed by atoms with E-state index in [1.807, 2.05) is 55.5 Å². The maximum atomic E-state index is 13.0. The maximum Gasteiger partial charge on any atom is 0.328 e. The average Bonchev–Trinajstić information content (AvgIpc) is 3.30. The molecule has 0 unspecified atom stereocenters. The molecule has 1 aliphatic rings. The monoisotopic (exact) mass is 484 g/mol. The lowest BCUT2D eigenvalue weighted by Gasteiger charge is -2.35. The average molecular weight is 485 g/mol. The quantitative estimate of drug-likeness (QED) is 0.380. The second kappa shape index (κ2) is 10.7. The molecule has 0 aliphatic carbocycles. The zero-order valence-electron chi connectivity index (χ0n) is 18.3. The molecule has 1 aliphatic heterocycles. The highest BCUT2D eigenvalue weighted by Crippen LogP contribution is 2.32. The van der Waals surface area contributed by atoms with Gasteiger partial charge < -0.3 is 19.7 Å². The Labute approximate surface area is 200 Å². The van der Waals surface area contributed by atoms with E-state index in [-0.39, 0.29) is 11.7 Å². The number of amides is 1. The highest BCUT2D eigenvalue weighted by molar-refractivity contribution is 8.01. The Balaban J connectivity index is 1.40. The van der Waals surface area contributed by atoms with Crippen molar-refractivity contribution < 1.29 is 19.1 Å². The van der Waals surface area contributed by atoms with Gasteiger partial charge in [-0.15, -0.1) is 10.2 Å². The fraction of sp³-hybridized carbons (Fsp3) is 0.304. The summed E-state index contributed by atoms with van der Waals surface area (Å²) in [5.41, 5.74) is 2.92. The van der Waals surface area contributed by atoms with Crippen molar-refractivity contribution in [3.05, 3.63) is 59.7 Å². The van der Waals surface area contributed by atoms with E-state index in [1.54, 1.807) is 4.90 Å². The van der Waals surface area contributed by atoms with Crippen LogP contribution in [0.25, 0.3) is 0 Å². The molecule has 10 heteroatoms. The highest BCUT2D eigenvalue weighted by atomic mass is 32.2. The lowest BCUT2D eigenvalue weighted by molar-refractivity contribution is -0.153. The fourth-order valence-electron chi connectivity index (χ4n) is 3.62. The first kappa shape index (κ1) is 23.1. The summed E-state index contributed by atoms with van der Waals surface area (Å²) in [7, 11) is 1.35. The number of methoxy groups -OCH3 is 1. The Hall–Kier alpha value is -3.11. The molecule has 0 bridgehead atoms. The van der Waals surface area contributed by atoms with E-state index in [9.17, 15) is 9.59 Å². The van der Waals surface area contributed by atoms with Gasteiger partial charge in [-0.05, 0) is 30.2 Å². The smallest absolute Gasteiger partial charge is 0.328 e. The van der Waals surface area contributed by atoms with Gasteiger partial charge in [0.2, 0.25) is 11.0 Å². The van der Waals surface area contributed by atoms with E-state index in [0.717, 1.165) is 22.6 Å². The van der Waals surface area contributed by atoms with Crippen LogP contribution in [0.5, 0.6) is 5.75 Å². The number of nitrogens with zero attached hydrogens (tertiary/aromatic N) is 3. The lowest BCUT2D eigenvalue weighted by atomic mass is 9.94. The van der Waals surface area contributed by atoms with Crippen LogP contribution in [0.2, 0.25) is 0 Å². The molecule has 1 N–H and O–H groups in total. The van der Waals surface area contributed by atoms with Crippen molar-refractivity contribution in [2.45, 2.75) is 30.3 Å². The number of aromatic nitrogens is 2. The number of thioether (sulfide) groups is 1. The maximum absolute atomic E-state index is 13.0. The predicted molar refractivity (Wildman–Crippen MR) is 128 cm³/mol. The van der Waals surface area contributed by atoms with Crippen LogP contribution in [0.4, 0.5) is 10.8 Å². The number of carbonyl (C=O) groups excluding carboxylic acids is 2. The third kappa shape index (κ3) is 5.45. The molecule has 8 nitrogen and oxygen atoms in total. The molecule has 0 radical (unpaired) electrons. The van der Waals surface area contributed by atoms with Crippen LogP contribution in [0, 0.1) is 0 Å². The zero-order chi connectivity index (χ0) is 23.2. The molecular formula is C23H24N4O4S2.